The SMILES string of the molecule is CCOC(=O)C1CCN(Cc2nnc(-c3ccccc3)o2)CC1. The Bertz CT molecular complexity index is 634. The Labute approximate surface area is 135 Å². The Morgan fingerprint density at radius 3 is 2.70 bits per heavy atom. The molecule has 0 radical (unpaired) electrons. The number of piperidine rings is 1. The normalized spacial score (nSPS) is 16.4. The molecule has 0 N–H and O–H groups in total. The fraction of sp³-hybridized carbons (Fsp3) is 0.471. The number of ether oxygens (including phenoxy) is 1. The fourth-order valence-corrected chi connectivity index (χ4v) is 2.79. The van der Waals surface area contributed by atoms with E-state index in [4.69, 9.17) is 9.15 Å². The van der Waals surface area contributed by atoms with Gasteiger partial charge < -0.3 is 9.15 Å². The van der Waals surface area contributed by atoms with Crippen LogP contribution in [-0.4, -0.2) is 40.8 Å². The first-order valence-electron chi connectivity index (χ1n) is 8.03. The van der Waals surface area contributed by atoms with E-state index in [2.05, 4.69) is 15.1 Å². The molecule has 0 aliphatic carbocycles. The van der Waals surface area contributed by atoms with Crippen molar-refractivity contribution in [3.8, 4) is 11.5 Å². The first-order valence-corrected chi connectivity index (χ1v) is 8.03. The van der Waals surface area contributed by atoms with Gasteiger partial charge in [0.25, 0.3) is 0 Å². The molecule has 2 aromatic rings. The third-order valence-electron chi connectivity index (χ3n) is 4.05. The van der Waals surface area contributed by atoms with Gasteiger partial charge in [0.2, 0.25) is 11.8 Å². The second-order valence-electron chi connectivity index (χ2n) is 5.67. The van der Waals surface area contributed by atoms with Crippen molar-refractivity contribution in [1.29, 1.82) is 0 Å². The Balaban J connectivity index is 1.53. The molecular formula is C17H21N3O3. The lowest BCUT2D eigenvalue weighted by molar-refractivity contribution is -0.149. The number of carbonyl (C=O) groups excluding carboxylic acids is 1. The molecule has 23 heavy (non-hydrogen) atoms. The second-order valence-corrected chi connectivity index (χ2v) is 5.67. The van der Waals surface area contributed by atoms with E-state index >= 15 is 0 Å². The molecule has 0 spiro atoms. The summed E-state index contributed by atoms with van der Waals surface area (Å²) >= 11 is 0. The predicted octanol–water partition coefficient (Wildman–Crippen LogP) is 2.51. The molecule has 1 fully saturated rings. The summed E-state index contributed by atoms with van der Waals surface area (Å²) in [5, 5.41) is 8.22. The molecule has 122 valence electrons. The third kappa shape index (κ3) is 3.96. The number of benzene rings is 1. The molecule has 0 unspecified atom stereocenters. The first-order chi connectivity index (χ1) is 11.3. The molecule has 3 rings (SSSR count). The number of nitrogens with zero attached hydrogens (tertiary/aromatic N) is 3. The van der Waals surface area contributed by atoms with E-state index in [-0.39, 0.29) is 11.9 Å². The maximum absolute atomic E-state index is 11.7. The highest BCUT2D eigenvalue weighted by Gasteiger charge is 2.26. The Hall–Kier alpha value is -2.21. The molecule has 1 aromatic heterocycles. The maximum atomic E-state index is 11.7. The molecule has 0 amide bonds. The van der Waals surface area contributed by atoms with Gasteiger partial charge >= 0.3 is 5.97 Å². The minimum atomic E-state index is -0.0729. The number of hydrogen-bond donors (Lipinski definition) is 0. The topological polar surface area (TPSA) is 68.5 Å². The number of aromatic nitrogens is 2. The average Bonchev–Trinajstić information content (AvgIpc) is 3.05. The molecule has 0 atom stereocenters. The quantitative estimate of drug-likeness (QED) is 0.790. The smallest absolute Gasteiger partial charge is 0.309 e. The minimum absolute atomic E-state index is 0.0220. The Morgan fingerprint density at radius 2 is 2.00 bits per heavy atom. The van der Waals surface area contributed by atoms with E-state index in [0.29, 0.717) is 24.9 Å². The lowest BCUT2D eigenvalue weighted by Gasteiger charge is -2.29. The molecule has 6 nitrogen and oxygen atoms in total. The van der Waals surface area contributed by atoms with Gasteiger partial charge in [0.1, 0.15) is 0 Å². The van der Waals surface area contributed by atoms with Crippen LogP contribution >= 0.6 is 0 Å². The number of carbonyl (C=O) groups is 1. The summed E-state index contributed by atoms with van der Waals surface area (Å²) in [6.07, 6.45) is 1.64. The lowest BCUT2D eigenvalue weighted by atomic mass is 9.97. The Morgan fingerprint density at radius 1 is 1.26 bits per heavy atom. The van der Waals surface area contributed by atoms with Gasteiger partial charge in [-0.2, -0.15) is 0 Å². The summed E-state index contributed by atoms with van der Waals surface area (Å²) < 4.78 is 10.8. The van der Waals surface area contributed by atoms with Crippen LogP contribution in [0.25, 0.3) is 11.5 Å². The van der Waals surface area contributed by atoms with Crippen LogP contribution in [0.3, 0.4) is 0 Å². The van der Waals surface area contributed by atoms with E-state index in [1.807, 2.05) is 37.3 Å². The second kappa shape index (κ2) is 7.37. The van der Waals surface area contributed by atoms with Gasteiger partial charge in [-0.25, -0.2) is 0 Å². The summed E-state index contributed by atoms with van der Waals surface area (Å²) in [4.78, 5) is 14.0. The standard InChI is InChI=1S/C17H21N3O3/c1-2-22-17(21)14-8-10-20(11-9-14)12-15-18-19-16(23-15)13-6-4-3-5-7-13/h3-7,14H,2,8-12H2,1H3. The van der Waals surface area contributed by atoms with Gasteiger partial charge in [0, 0.05) is 5.56 Å². The van der Waals surface area contributed by atoms with Gasteiger partial charge in [-0.3, -0.25) is 9.69 Å². The monoisotopic (exact) mass is 315 g/mol. The van der Waals surface area contributed by atoms with Gasteiger partial charge in [0.05, 0.1) is 19.1 Å². The van der Waals surface area contributed by atoms with Crippen LogP contribution in [0.4, 0.5) is 0 Å². The lowest BCUT2D eigenvalue weighted by Crippen LogP contribution is -2.36. The molecule has 1 aromatic carbocycles. The zero-order chi connectivity index (χ0) is 16.1. The molecule has 6 heteroatoms. The van der Waals surface area contributed by atoms with Crippen molar-refractivity contribution in [2.45, 2.75) is 26.3 Å². The van der Waals surface area contributed by atoms with Crippen LogP contribution in [0.15, 0.2) is 34.7 Å². The van der Waals surface area contributed by atoms with Crippen molar-refractivity contribution in [3.05, 3.63) is 36.2 Å². The zero-order valence-corrected chi connectivity index (χ0v) is 13.3. The molecule has 2 heterocycles. The molecule has 0 saturated carbocycles. The average molecular weight is 315 g/mol. The summed E-state index contributed by atoms with van der Waals surface area (Å²) in [5.74, 6) is 1.10. The van der Waals surface area contributed by atoms with Crippen molar-refractivity contribution in [3.63, 3.8) is 0 Å². The predicted molar refractivity (Wildman–Crippen MR) is 84.4 cm³/mol. The van der Waals surface area contributed by atoms with Gasteiger partial charge in [-0.1, -0.05) is 18.2 Å². The van der Waals surface area contributed by atoms with Gasteiger partial charge in [-0.15, -0.1) is 10.2 Å². The van der Waals surface area contributed by atoms with Crippen LogP contribution in [0.5, 0.6) is 0 Å². The van der Waals surface area contributed by atoms with Crippen LogP contribution in [0.2, 0.25) is 0 Å². The van der Waals surface area contributed by atoms with Crippen molar-refractivity contribution in [1.82, 2.24) is 15.1 Å². The van der Waals surface area contributed by atoms with E-state index in [1.54, 1.807) is 0 Å². The summed E-state index contributed by atoms with van der Waals surface area (Å²) in [6, 6.07) is 9.73. The fourth-order valence-electron chi connectivity index (χ4n) is 2.79. The van der Waals surface area contributed by atoms with Crippen LogP contribution in [0, 0.1) is 5.92 Å². The van der Waals surface area contributed by atoms with Crippen molar-refractivity contribution >= 4 is 5.97 Å². The van der Waals surface area contributed by atoms with Crippen LogP contribution < -0.4 is 0 Å². The summed E-state index contributed by atoms with van der Waals surface area (Å²) in [7, 11) is 0. The third-order valence-corrected chi connectivity index (χ3v) is 4.05. The Kier molecular flexibility index (Phi) is 5.02. The van der Waals surface area contributed by atoms with Gasteiger partial charge in [0.15, 0.2) is 0 Å². The maximum Gasteiger partial charge on any atom is 0.309 e. The number of likely N-dealkylation sites (tertiary alicyclic amines) is 1. The molecule has 1 aliphatic rings. The van der Waals surface area contributed by atoms with E-state index in [0.717, 1.165) is 31.5 Å². The molecular weight excluding hydrogens is 294 g/mol. The van der Waals surface area contributed by atoms with Crippen molar-refractivity contribution in [2.24, 2.45) is 5.92 Å². The van der Waals surface area contributed by atoms with Crippen molar-refractivity contribution in [2.75, 3.05) is 19.7 Å². The largest absolute Gasteiger partial charge is 0.466 e. The highest BCUT2D eigenvalue weighted by atomic mass is 16.5. The van der Waals surface area contributed by atoms with Crippen LogP contribution in [0.1, 0.15) is 25.7 Å². The zero-order valence-electron chi connectivity index (χ0n) is 13.3. The number of rotatable bonds is 5. The summed E-state index contributed by atoms with van der Waals surface area (Å²) in [6.45, 7) is 4.59. The minimum Gasteiger partial charge on any atom is -0.466 e. The van der Waals surface area contributed by atoms with Gasteiger partial charge in [-0.05, 0) is 45.0 Å². The van der Waals surface area contributed by atoms with E-state index < -0.39 is 0 Å². The highest BCUT2D eigenvalue weighted by molar-refractivity contribution is 5.72. The number of hydrogen-bond acceptors (Lipinski definition) is 6. The summed E-state index contributed by atoms with van der Waals surface area (Å²) in [5.41, 5.74) is 0.923. The molecule has 0 bridgehead atoms. The molecule has 1 aliphatic heterocycles. The molecule has 1 saturated heterocycles. The van der Waals surface area contributed by atoms with E-state index in [1.165, 1.54) is 0 Å². The van der Waals surface area contributed by atoms with Crippen LogP contribution in [-0.2, 0) is 16.1 Å². The van der Waals surface area contributed by atoms with Crippen molar-refractivity contribution < 1.29 is 13.9 Å². The number of esters is 1. The first kappa shape index (κ1) is 15.7. The van der Waals surface area contributed by atoms with E-state index in [9.17, 15) is 4.79 Å². The highest BCUT2D eigenvalue weighted by Crippen LogP contribution is 2.22.